The van der Waals surface area contributed by atoms with Gasteiger partial charge in [-0.05, 0) is 55.7 Å². The highest BCUT2D eigenvalue weighted by molar-refractivity contribution is 6.04. The van der Waals surface area contributed by atoms with E-state index in [-0.39, 0.29) is 49.1 Å². The van der Waals surface area contributed by atoms with Gasteiger partial charge in [-0.1, -0.05) is 0 Å². The lowest BCUT2D eigenvalue weighted by Gasteiger charge is -2.33. The number of aliphatic hydroxyl groups is 2. The molecule has 198 valence electrons. The first-order valence-electron chi connectivity index (χ1n) is 12.0. The number of Topliss-reactive ketones (excluding diaryl/α,β-unsaturated/α-hetero) is 2. The quantitative estimate of drug-likeness (QED) is 0.175. The minimum Gasteiger partial charge on any atom is -0.507 e. The van der Waals surface area contributed by atoms with Crippen LogP contribution >= 0.6 is 0 Å². The van der Waals surface area contributed by atoms with Crippen molar-refractivity contribution in [3.8, 4) is 5.75 Å². The predicted octanol–water partition coefficient (Wildman–Crippen LogP) is 1.22. The van der Waals surface area contributed by atoms with Gasteiger partial charge in [-0.15, -0.1) is 0 Å². The van der Waals surface area contributed by atoms with Gasteiger partial charge in [0.05, 0.1) is 25.2 Å². The van der Waals surface area contributed by atoms with E-state index in [2.05, 4.69) is 0 Å². The molecule has 0 aliphatic heterocycles. The van der Waals surface area contributed by atoms with Crippen molar-refractivity contribution in [3.05, 3.63) is 28.8 Å². The van der Waals surface area contributed by atoms with Gasteiger partial charge in [0.1, 0.15) is 11.5 Å². The molecule has 5 N–H and O–H groups in total. The highest BCUT2D eigenvalue weighted by atomic mass is 16.5. The van der Waals surface area contributed by atoms with Crippen molar-refractivity contribution in [2.45, 2.75) is 39.0 Å². The molecule has 0 radical (unpaired) electrons. The van der Waals surface area contributed by atoms with Gasteiger partial charge in [0, 0.05) is 50.4 Å². The zero-order chi connectivity index (χ0) is 27.0. The van der Waals surface area contributed by atoms with Crippen molar-refractivity contribution in [3.63, 3.8) is 0 Å². The number of hydrogen-bond donors (Lipinski definition) is 4. The maximum atomic E-state index is 13.2. The number of hydrogen-bond acceptors (Lipinski definition) is 9. The molecule has 10 nitrogen and oxygen atoms in total. The van der Waals surface area contributed by atoms with Crippen LogP contribution in [-0.4, -0.2) is 72.7 Å². The van der Waals surface area contributed by atoms with Crippen LogP contribution in [0.4, 0.5) is 5.69 Å². The second-order valence-corrected chi connectivity index (χ2v) is 9.27. The van der Waals surface area contributed by atoms with Crippen molar-refractivity contribution in [2.75, 3.05) is 38.8 Å². The number of fused-ring (bicyclic) bond motifs is 1. The van der Waals surface area contributed by atoms with E-state index in [4.69, 9.17) is 10.5 Å². The third-order valence-electron chi connectivity index (χ3n) is 6.49. The van der Waals surface area contributed by atoms with Crippen LogP contribution < -0.4 is 10.6 Å². The van der Waals surface area contributed by atoms with E-state index in [1.54, 1.807) is 27.1 Å². The van der Waals surface area contributed by atoms with Gasteiger partial charge < -0.3 is 30.7 Å². The van der Waals surface area contributed by atoms with Crippen molar-refractivity contribution in [2.24, 2.45) is 23.5 Å². The lowest BCUT2D eigenvalue weighted by atomic mass is 9.73. The number of aliphatic hydroxyl groups excluding tert-OH is 2. The zero-order valence-electron chi connectivity index (χ0n) is 21.0. The van der Waals surface area contributed by atoms with E-state index in [9.17, 15) is 34.5 Å². The third-order valence-corrected chi connectivity index (χ3v) is 6.49. The second-order valence-electron chi connectivity index (χ2n) is 9.27. The molecule has 1 aromatic rings. The molecule has 0 heterocycles. The Balaban J connectivity index is 2.40. The maximum absolute atomic E-state index is 13.2. The SMILES string of the molecule is CCOC(=O)C=Cc1cc(N(C)C)c2c(c1O)C(=O)C[C@H](C[C@@H](CCO)C(CO)C(=O)CC(N)=O)C2. The Morgan fingerprint density at radius 2 is 1.94 bits per heavy atom. The van der Waals surface area contributed by atoms with E-state index in [1.807, 2.05) is 4.90 Å². The molecule has 0 spiro atoms. The normalized spacial score (nSPS) is 16.9. The fourth-order valence-corrected chi connectivity index (χ4v) is 4.88. The summed E-state index contributed by atoms with van der Waals surface area (Å²) in [6.07, 6.45) is 3.21. The number of benzene rings is 1. The summed E-state index contributed by atoms with van der Waals surface area (Å²) >= 11 is 0. The topological polar surface area (TPSA) is 167 Å². The Labute approximate surface area is 210 Å². The number of rotatable bonds is 13. The third kappa shape index (κ3) is 7.14. The van der Waals surface area contributed by atoms with Gasteiger partial charge in [0.15, 0.2) is 5.78 Å². The van der Waals surface area contributed by atoms with Gasteiger partial charge in [0.2, 0.25) is 5.91 Å². The summed E-state index contributed by atoms with van der Waals surface area (Å²) in [5, 5.41) is 30.3. The molecule has 0 saturated carbocycles. The molecular weight excluding hydrogens is 468 g/mol. The molecule has 36 heavy (non-hydrogen) atoms. The van der Waals surface area contributed by atoms with E-state index in [0.29, 0.717) is 29.7 Å². The molecule has 1 aliphatic carbocycles. The van der Waals surface area contributed by atoms with Crippen molar-refractivity contribution >= 4 is 35.2 Å². The molecule has 1 aromatic carbocycles. The second kappa shape index (κ2) is 13.2. The highest BCUT2D eigenvalue weighted by Gasteiger charge is 2.35. The Morgan fingerprint density at radius 3 is 2.50 bits per heavy atom. The van der Waals surface area contributed by atoms with Crippen LogP contribution in [0.15, 0.2) is 12.1 Å². The number of nitrogens with zero attached hydrogens (tertiary/aromatic N) is 1. The lowest BCUT2D eigenvalue weighted by molar-refractivity contribution is -0.137. The summed E-state index contributed by atoms with van der Waals surface area (Å²) in [6.45, 7) is 1.18. The molecule has 0 aromatic heterocycles. The van der Waals surface area contributed by atoms with Crippen LogP contribution in [0.5, 0.6) is 5.75 Å². The monoisotopic (exact) mass is 504 g/mol. The van der Waals surface area contributed by atoms with Crippen LogP contribution in [-0.2, 0) is 25.5 Å². The van der Waals surface area contributed by atoms with Crippen LogP contribution in [0.25, 0.3) is 6.08 Å². The number of ether oxygens (including phenoxy) is 1. The first-order valence-corrected chi connectivity index (χ1v) is 12.0. The summed E-state index contributed by atoms with van der Waals surface area (Å²) in [5.74, 6) is -3.87. The Hall–Kier alpha value is -3.24. The molecule has 2 rings (SSSR count). The Morgan fingerprint density at radius 1 is 1.25 bits per heavy atom. The maximum Gasteiger partial charge on any atom is 0.330 e. The van der Waals surface area contributed by atoms with Gasteiger partial charge >= 0.3 is 5.97 Å². The zero-order valence-corrected chi connectivity index (χ0v) is 21.0. The largest absolute Gasteiger partial charge is 0.507 e. The summed E-state index contributed by atoms with van der Waals surface area (Å²) in [6, 6.07) is 1.69. The average Bonchev–Trinajstić information content (AvgIpc) is 2.78. The van der Waals surface area contributed by atoms with Gasteiger partial charge in [0.25, 0.3) is 0 Å². The van der Waals surface area contributed by atoms with E-state index in [0.717, 1.165) is 0 Å². The number of aromatic hydroxyl groups is 1. The fraction of sp³-hybridized carbons (Fsp3) is 0.538. The number of esters is 1. The van der Waals surface area contributed by atoms with Crippen LogP contribution in [0.1, 0.15) is 54.1 Å². The summed E-state index contributed by atoms with van der Waals surface area (Å²) in [7, 11) is 3.61. The van der Waals surface area contributed by atoms with Crippen LogP contribution in [0.3, 0.4) is 0 Å². The minimum atomic E-state index is -0.877. The average molecular weight is 505 g/mol. The summed E-state index contributed by atoms with van der Waals surface area (Å²) < 4.78 is 4.88. The first-order chi connectivity index (χ1) is 17.0. The number of phenolic OH excluding ortho intramolecular Hbond substituents is 1. The number of primary amides is 1. The number of phenols is 1. The molecule has 1 aliphatic rings. The summed E-state index contributed by atoms with van der Waals surface area (Å²) in [4.78, 5) is 50.5. The number of nitrogens with two attached hydrogens (primary N) is 1. The predicted molar refractivity (Wildman–Crippen MR) is 133 cm³/mol. The first kappa shape index (κ1) is 29.0. The molecular formula is C26H36N2O8. The molecule has 1 amide bonds. The molecule has 10 heteroatoms. The van der Waals surface area contributed by atoms with Crippen LogP contribution in [0.2, 0.25) is 0 Å². The van der Waals surface area contributed by atoms with Crippen LogP contribution in [0, 0.1) is 17.8 Å². The van der Waals surface area contributed by atoms with E-state index in [1.165, 1.54) is 12.2 Å². The Bertz CT molecular complexity index is 1020. The minimum absolute atomic E-state index is 0.0998. The number of anilines is 1. The molecule has 3 atom stereocenters. The number of ketones is 2. The summed E-state index contributed by atoms with van der Waals surface area (Å²) in [5.41, 5.74) is 7.01. The van der Waals surface area contributed by atoms with Crippen molar-refractivity contribution < 1.29 is 39.2 Å². The van der Waals surface area contributed by atoms with Crippen molar-refractivity contribution in [1.82, 2.24) is 0 Å². The lowest BCUT2D eigenvalue weighted by Crippen LogP contribution is -2.34. The molecule has 0 saturated heterocycles. The molecule has 0 fully saturated rings. The van der Waals surface area contributed by atoms with Gasteiger partial charge in [-0.3, -0.25) is 14.4 Å². The van der Waals surface area contributed by atoms with E-state index < -0.39 is 42.5 Å². The van der Waals surface area contributed by atoms with Gasteiger partial charge in [-0.25, -0.2) is 4.79 Å². The smallest absolute Gasteiger partial charge is 0.330 e. The van der Waals surface area contributed by atoms with Crippen molar-refractivity contribution in [1.29, 1.82) is 0 Å². The number of amides is 1. The van der Waals surface area contributed by atoms with E-state index >= 15 is 0 Å². The molecule has 1 unspecified atom stereocenters. The van der Waals surface area contributed by atoms with Gasteiger partial charge in [-0.2, -0.15) is 0 Å². The Kier molecular flexibility index (Phi) is 10.6. The number of carbonyl (C=O) groups excluding carboxylic acids is 4. The standard InChI is InChI=1S/C26H36N2O8/c1-4-36-24(34)6-5-17-12-20(28(2)3)18-10-15(11-22(32)25(18)26(17)35)9-16(7-8-29)19(14-30)21(31)13-23(27)33/h5-6,12,15-16,19,29-30,35H,4,7-11,13-14H2,1-3H3,(H2,27,33)/t15-,16-,19?/m1/s1. The molecule has 0 bridgehead atoms. The number of carbonyl (C=O) groups is 4. The fourth-order valence-electron chi connectivity index (χ4n) is 4.88. The highest BCUT2D eigenvalue weighted by Crippen LogP contribution is 2.42.